The lowest BCUT2D eigenvalue weighted by molar-refractivity contribution is -0.137. The SMILES string of the molecule is [C-]#[N+]c1cc(-n2c3ccc(-c4cccc(-c5ccccc5)n4)cc3c3cc(-c4cccc(-c5ccccc5)n4)ccc32)c(-n2c3ccc(-c4cccc(-c5ccccc5)n4)cc3c3cc(-c4cccc(-c5ccccc5)n4)ccc32)cc1-c1ccccc1C(F)(F)F. The molecule has 0 bridgehead atoms. The number of aromatic nitrogens is 6. The second kappa shape index (κ2) is 22.7. The van der Waals surface area contributed by atoms with E-state index in [0.717, 1.165) is 140 Å². The van der Waals surface area contributed by atoms with Gasteiger partial charge in [0, 0.05) is 66.1 Å². The molecule has 10 heteroatoms. The number of hydrogen-bond donors (Lipinski definition) is 0. The summed E-state index contributed by atoms with van der Waals surface area (Å²) in [5.74, 6) is 0. The van der Waals surface area contributed by atoms with Gasteiger partial charge in [0.25, 0.3) is 0 Å². The minimum atomic E-state index is -4.74. The Morgan fingerprint density at radius 1 is 0.272 bits per heavy atom. The van der Waals surface area contributed by atoms with E-state index in [0.29, 0.717) is 11.4 Å². The van der Waals surface area contributed by atoms with Crippen molar-refractivity contribution in [1.82, 2.24) is 29.1 Å². The molecule has 10 aromatic carbocycles. The van der Waals surface area contributed by atoms with Crippen LogP contribution in [-0.4, -0.2) is 29.1 Å². The monoisotopic (exact) mass is 1190 g/mol. The molecule has 0 atom stereocenters. The van der Waals surface area contributed by atoms with Gasteiger partial charge in [-0.2, -0.15) is 13.2 Å². The normalized spacial score (nSPS) is 11.6. The molecule has 0 N–H and O–H groups in total. The Hall–Kier alpha value is -12.3. The third kappa shape index (κ3) is 9.91. The van der Waals surface area contributed by atoms with Crippen LogP contribution in [-0.2, 0) is 6.18 Å². The number of nitrogens with zero attached hydrogens (tertiary/aromatic N) is 7. The number of fused-ring (bicyclic) bond motifs is 6. The van der Waals surface area contributed by atoms with E-state index in [1.807, 2.05) is 194 Å². The maximum absolute atomic E-state index is 15.4. The van der Waals surface area contributed by atoms with Crippen molar-refractivity contribution in [3.05, 3.63) is 320 Å². The zero-order chi connectivity index (χ0) is 61.9. The van der Waals surface area contributed by atoms with E-state index in [1.165, 1.54) is 12.1 Å². The number of benzene rings is 10. The van der Waals surface area contributed by atoms with Crippen LogP contribution in [0.5, 0.6) is 0 Å². The van der Waals surface area contributed by atoms with Gasteiger partial charge in [-0.25, -0.2) is 24.8 Å². The topological polar surface area (TPSA) is 65.8 Å². The van der Waals surface area contributed by atoms with Crippen molar-refractivity contribution in [3.63, 3.8) is 0 Å². The van der Waals surface area contributed by atoms with Crippen molar-refractivity contribution in [2.75, 3.05) is 0 Å². The number of hydrogen-bond acceptors (Lipinski definition) is 4. The second-order valence-electron chi connectivity index (χ2n) is 22.7. The molecule has 434 valence electrons. The summed E-state index contributed by atoms with van der Waals surface area (Å²) < 4.78 is 50.6. The molecule has 0 unspecified atom stereocenters. The van der Waals surface area contributed by atoms with E-state index in [2.05, 4.69) is 86.8 Å². The summed E-state index contributed by atoms with van der Waals surface area (Å²) in [5.41, 5.74) is 17.4. The second-order valence-corrected chi connectivity index (χ2v) is 22.7. The van der Waals surface area contributed by atoms with Gasteiger partial charge in [0.2, 0.25) is 0 Å². The molecule has 0 saturated carbocycles. The predicted molar refractivity (Wildman–Crippen MR) is 366 cm³/mol. The highest BCUT2D eigenvalue weighted by Crippen LogP contribution is 2.48. The average Bonchev–Trinajstić information content (AvgIpc) is 1.54. The van der Waals surface area contributed by atoms with Gasteiger partial charge in [0.05, 0.1) is 91.1 Å². The first-order chi connectivity index (χ1) is 45.2. The number of pyridine rings is 4. The molecule has 0 aliphatic carbocycles. The van der Waals surface area contributed by atoms with Crippen LogP contribution >= 0.6 is 0 Å². The highest BCUT2D eigenvalue weighted by molar-refractivity contribution is 6.14. The molecule has 0 fully saturated rings. The standard InChI is InChI=1S/C82H50F3N7/c1-86-75-51-81(92-78-44-40-58(73-36-18-32-69(89-73)54-24-10-4-11-25-54)48-64(78)65-49-59(41-45-79(65)92)74-37-19-33-70(90-74)55-26-12-5-13-27-55)80(50-61(75)60-28-14-15-29-66(60)82(83,84)85)91-76-42-38-56(71-34-16-30-67(87-71)52-20-6-2-7-21-52)46-62(76)63-47-57(39-43-77(63)91)72-35-17-31-68(88-72)53-22-8-3-9-23-53/h2-51H. The third-order valence-electron chi connectivity index (χ3n) is 17.2. The molecule has 16 rings (SSSR count). The smallest absolute Gasteiger partial charge is 0.308 e. The van der Waals surface area contributed by atoms with E-state index in [-0.39, 0.29) is 16.8 Å². The largest absolute Gasteiger partial charge is 0.416 e. The Bertz CT molecular complexity index is 5300. The summed E-state index contributed by atoms with van der Waals surface area (Å²) in [7, 11) is 0. The highest BCUT2D eigenvalue weighted by atomic mass is 19.4. The molecular weight excluding hydrogens is 1140 g/mol. The summed E-state index contributed by atoms with van der Waals surface area (Å²) >= 11 is 0. The van der Waals surface area contributed by atoms with Crippen LogP contribution in [0.3, 0.4) is 0 Å². The molecule has 0 saturated heterocycles. The first kappa shape index (κ1) is 55.0. The summed E-state index contributed by atoms with van der Waals surface area (Å²) in [6, 6.07) is 98.7. The molecular formula is C82H50F3N7. The lowest BCUT2D eigenvalue weighted by atomic mass is 9.96. The van der Waals surface area contributed by atoms with Gasteiger partial charge < -0.3 is 9.13 Å². The summed E-state index contributed by atoms with van der Waals surface area (Å²) in [5, 5.41) is 3.52. The molecule has 16 aromatic rings. The van der Waals surface area contributed by atoms with Gasteiger partial charge in [0.15, 0.2) is 5.69 Å². The minimum Gasteiger partial charge on any atom is -0.308 e. The number of alkyl halides is 3. The third-order valence-corrected chi connectivity index (χ3v) is 17.2. The maximum atomic E-state index is 15.4. The van der Waals surface area contributed by atoms with Crippen molar-refractivity contribution >= 4 is 49.3 Å². The molecule has 0 aliphatic heterocycles. The van der Waals surface area contributed by atoms with Crippen LogP contribution in [0.2, 0.25) is 0 Å². The molecule has 7 nitrogen and oxygen atoms in total. The van der Waals surface area contributed by atoms with E-state index in [9.17, 15) is 0 Å². The fourth-order valence-corrected chi connectivity index (χ4v) is 12.9. The summed E-state index contributed by atoms with van der Waals surface area (Å²) in [6.45, 7) is 8.87. The Kier molecular flexibility index (Phi) is 13.6. The van der Waals surface area contributed by atoms with Gasteiger partial charge >= 0.3 is 6.18 Å². The maximum Gasteiger partial charge on any atom is 0.416 e. The number of rotatable bonds is 11. The molecule has 0 spiro atoms. The van der Waals surface area contributed by atoms with Crippen LogP contribution in [0.25, 0.3) is 161 Å². The Morgan fingerprint density at radius 2 is 0.554 bits per heavy atom. The van der Waals surface area contributed by atoms with Crippen LogP contribution < -0.4 is 0 Å². The van der Waals surface area contributed by atoms with E-state index in [1.54, 1.807) is 18.2 Å². The van der Waals surface area contributed by atoms with Gasteiger partial charge in [-0.1, -0.05) is 188 Å². The van der Waals surface area contributed by atoms with Crippen molar-refractivity contribution < 1.29 is 13.2 Å². The molecule has 0 radical (unpaired) electrons. The van der Waals surface area contributed by atoms with Crippen molar-refractivity contribution in [2.24, 2.45) is 0 Å². The van der Waals surface area contributed by atoms with Crippen LogP contribution in [0.15, 0.2) is 303 Å². The number of halogens is 3. The van der Waals surface area contributed by atoms with Gasteiger partial charge in [-0.15, -0.1) is 0 Å². The lowest BCUT2D eigenvalue weighted by Crippen LogP contribution is -2.08. The van der Waals surface area contributed by atoms with Crippen molar-refractivity contribution in [2.45, 2.75) is 6.18 Å². The first-order valence-electron chi connectivity index (χ1n) is 30.2. The van der Waals surface area contributed by atoms with E-state index < -0.39 is 11.7 Å². The summed E-state index contributed by atoms with van der Waals surface area (Å²) in [4.78, 5) is 24.9. The Labute approximate surface area is 527 Å². The molecule has 92 heavy (non-hydrogen) atoms. The quantitative estimate of drug-likeness (QED) is 0.121. The molecule has 6 heterocycles. The fraction of sp³-hybridized carbons (Fsp3) is 0.0122. The van der Waals surface area contributed by atoms with E-state index >= 15 is 13.2 Å². The van der Waals surface area contributed by atoms with E-state index in [4.69, 9.17) is 26.5 Å². The van der Waals surface area contributed by atoms with Gasteiger partial charge in [-0.3, -0.25) is 0 Å². The predicted octanol–water partition coefficient (Wildman–Crippen LogP) is 22.0. The Morgan fingerprint density at radius 3 is 0.859 bits per heavy atom. The van der Waals surface area contributed by atoms with Gasteiger partial charge in [-0.05, 0) is 126 Å². The minimum absolute atomic E-state index is 0.0478. The zero-order valence-electron chi connectivity index (χ0n) is 49.1. The average molecular weight is 1190 g/mol. The van der Waals surface area contributed by atoms with Crippen LogP contribution in [0.1, 0.15) is 5.56 Å². The van der Waals surface area contributed by atoms with Crippen LogP contribution in [0.4, 0.5) is 18.9 Å². The fourth-order valence-electron chi connectivity index (χ4n) is 12.9. The first-order valence-corrected chi connectivity index (χ1v) is 30.2. The molecule has 0 aliphatic rings. The van der Waals surface area contributed by atoms with Crippen molar-refractivity contribution in [3.8, 4) is 113 Å². The summed E-state index contributed by atoms with van der Waals surface area (Å²) in [6.07, 6.45) is -4.74. The Balaban J connectivity index is 0.982. The lowest BCUT2D eigenvalue weighted by Gasteiger charge is -2.21. The molecule has 6 aromatic heterocycles. The highest BCUT2D eigenvalue weighted by Gasteiger charge is 2.35. The zero-order valence-corrected chi connectivity index (χ0v) is 49.1. The van der Waals surface area contributed by atoms with Crippen LogP contribution in [0, 0.1) is 6.57 Å². The van der Waals surface area contributed by atoms with Crippen molar-refractivity contribution in [1.29, 1.82) is 0 Å². The van der Waals surface area contributed by atoms with Gasteiger partial charge in [0.1, 0.15) is 0 Å². The molecule has 0 amide bonds.